The monoisotopic (exact) mass is 215 g/mol. The van der Waals surface area contributed by atoms with Crippen molar-refractivity contribution in [1.29, 1.82) is 0 Å². The Morgan fingerprint density at radius 3 is 2.00 bits per heavy atom. The van der Waals surface area contributed by atoms with E-state index in [2.05, 4.69) is 20.8 Å². The summed E-state index contributed by atoms with van der Waals surface area (Å²) < 4.78 is 5.20. The van der Waals surface area contributed by atoms with Crippen LogP contribution < -0.4 is 5.73 Å². The molecule has 0 aromatic rings. The molecule has 0 aliphatic heterocycles. The molecule has 0 radical (unpaired) electrons. The maximum Gasteiger partial charge on any atom is 0.307 e. The SMILES string of the molecule is CC(C)(C)C[C@@H](N)CC(=O)OC(C)(C)C. The molecule has 0 saturated carbocycles. The number of carbonyl (C=O) groups is 1. The van der Waals surface area contributed by atoms with Gasteiger partial charge in [-0.3, -0.25) is 4.79 Å². The fourth-order valence-corrected chi connectivity index (χ4v) is 1.46. The molecule has 0 saturated heterocycles. The van der Waals surface area contributed by atoms with Gasteiger partial charge in [0.2, 0.25) is 0 Å². The summed E-state index contributed by atoms with van der Waals surface area (Å²) in [6.45, 7) is 11.9. The summed E-state index contributed by atoms with van der Waals surface area (Å²) in [6, 6.07) is -0.111. The molecule has 0 spiro atoms. The van der Waals surface area contributed by atoms with Crippen molar-refractivity contribution in [3.05, 3.63) is 0 Å². The molecule has 0 aromatic carbocycles. The third-order valence-corrected chi connectivity index (χ3v) is 1.72. The zero-order valence-electron chi connectivity index (χ0n) is 10.9. The Morgan fingerprint density at radius 1 is 1.20 bits per heavy atom. The minimum absolute atomic E-state index is 0.111. The van der Waals surface area contributed by atoms with Crippen molar-refractivity contribution in [2.75, 3.05) is 0 Å². The van der Waals surface area contributed by atoms with Gasteiger partial charge in [0.25, 0.3) is 0 Å². The molecule has 0 rings (SSSR count). The average Bonchev–Trinajstić information content (AvgIpc) is 1.73. The lowest BCUT2D eigenvalue weighted by atomic mass is 9.87. The molecule has 0 bridgehead atoms. The molecule has 90 valence electrons. The number of hydrogen-bond acceptors (Lipinski definition) is 3. The molecule has 0 heterocycles. The van der Waals surface area contributed by atoms with Crippen LogP contribution in [0.3, 0.4) is 0 Å². The van der Waals surface area contributed by atoms with Gasteiger partial charge in [-0.25, -0.2) is 0 Å². The Balaban J connectivity index is 3.98. The predicted octanol–water partition coefficient (Wildman–Crippen LogP) is 2.48. The van der Waals surface area contributed by atoms with Crippen LogP contribution in [0.4, 0.5) is 0 Å². The zero-order chi connectivity index (χ0) is 12.3. The zero-order valence-corrected chi connectivity index (χ0v) is 10.9. The van der Waals surface area contributed by atoms with E-state index in [0.29, 0.717) is 6.42 Å². The van der Waals surface area contributed by atoms with Crippen molar-refractivity contribution >= 4 is 5.97 Å². The van der Waals surface area contributed by atoms with Gasteiger partial charge in [-0.05, 0) is 32.6 Å². The van der Waals surface area contributed by atoms with Crippen molar-refractivity contribution in [3.63, 3.8) is 0 Å². The van der Waals surface area contributed by atoms with E-state index in [1.54, 1.807) is 0 Å². The third kappa shape index (κ3) is 9.73. The van der Waals surface area contributed by atoms with Crippen molar-refractivity contribution < 1.29 is 9.53 Å². The molecule has 15 heavy (non-hydrogen) atoms. The number of esters is 1. The molecule has 0 amide bonds. The third-order valence-electron chi connectivity index (χ3n) is 1.72. The quantitative estimate of drug-likeness (QED) is 0.736. The average molecular weight is 215 g/mol. The lowest BCUT2D eigenvalue weighted by Crippen LogP contribution is -2.32. The number of hydrogen-bond donors (Lipinski definition) is 1. The maximum atomic E-state index is 11.5. The van der Waals surface area contributed by atoms with Crippen molar-refractivity contribution in [2.45, 2.75) is 66.0 Å². The summed E-state index contributed by atoms with van der Waals surface area (Å²) in [6.07, 6.45) is 1.13. The van der Waals surface area contributed by atoms with Crippen molar-refractivity contribution in [3.8, 4) is 0 Å². The summed E-state index contributed by atoms with van der Waals surface area (Å²) in [5.41, 5.74) is 5.61. The predicted molar refractivity (Wildman–Crippen MR) is 62.5 cm³/mol. The van der Waals surface area contributed by atoms with Gasteiger partial charge in [0.15, 0.2) is 0 Å². The molecule has 0 aromatic heterocycles. The van der Waals surface area contributed by atoms with Crippen molar-refractivity contribution in [2.24, 2.45) is 11.1 Å². The van der Waals surface area contributed by atoms with E-state index >= 15 is 0 Å². The topological polar surface area (TPSA) is 52.3 Å². The Hall–Kier alpha value is -0.570. The molecule has 3 nitrogen and oxygen atoms in total. The highest BCUT2D eigenvalue weighted by Crippen LogP contribution is 2.21. The fourth-order valence-electron chi connectivity index (χ4n) is 1.46. The lowest BCUT2D eigenvalue weighted by molar-refractivity contribution is -0.155. The highest BCUT2D eigenvalue weighted by atomic mass is 16.6. The van der Waals surface area contributed by atoms with Gasteiger partial charge >= 0.3 is 5.97 Å². The van der Waals surface area contributed by atoms with E-state index < -0.39 is 5.60 Å². The van der Waals surface area contributed by atoms with Crippen LogP contribution in [0.1, 0.15) is 54.4 Å². The van der Waals surface area contributed by atoms with Gasteiger partial charge in [0, 0.05) is 6.04 Å². The van der Waals surface area contributed by atoms with Crippen LogP contribution in [-0.2, 0) is 9.53 Å². The van der Waals surface area contributed by atoms with E-state index in [1.807, 2.05) is 20.8 Å². The molecular weight excluding hydrogens is 190 g/mol. The summed E-state index contributed by atoms with van der Waals surface area (Å²) in [5.74, 6) is -0.209. The number of rotatable bonds is 3. The summed E-state index contributed by atoms with van der Waals surface area (Å²) >= 11 is 0. The van der Waals surface area contributed by atoms with Gasteiger partial charge in [-0.15, -0.1) is 0 Å². The van der Waals surface area contributed by atoms with Gasteiger partial charge in [0.05, 0.1) is 6.42 Å². The van der Waals surface area contributed by atoms with Crippen LogP contribution in [-0.4, -0.2) is 17.6 Å². The first-order chi connectivity index (χ1) is 6.49. The number of nitrogens with two attached hydrogens (primary N) is 1. The molecule has 3 heteroatoms. The minimum Gasteiger partial charge on any atom is -0.460 e. The van der Waals surface area contributed by atoms with E-state index in [0.717, 1.165) is 6.42 Å². The molecule has 0 aliphatic rings. The van der Waals surface area contributed by atoms with Gasteiger partial charge in [0.1, 0.15) is 5.60 Å². The van der Waals surface area contributed by atoms with Crippen LogP contribution >= 0.6 is 0 Å². The van der Waals surface area contributed by atoms with Gasteiger partial charge in [-0.2, -0.15) is 0 Å². The van der Waals surface area contributed by atoms with Crippen LogP contribution in [0.25, 0.3) is 0 Å². The lowest BCUT2D eigenvalue weighted by Gasteiger charge is -2.24. The standard InChI is InChI=1S/C12H25NO2/c1-11(2,3)8-9(13)7-10(14)15-12(4,5)6/h9H,7-8,13H2,1-6H3/t9-/m0/s1. The van der Waals surface area contributed by atoms with Gasteiger partial charge in [-0.1, -0.05) is 20.8 Å². The highest BCUT2D eigenvalue weighted by Gasteiger charge is 2.21. The van der Waals surface area contributed by atoms with E-state index in [4.69, 9.17) is 10.5 Å². The van der Waals surface area contributed by atoms with Crippen LogP contribution in [0.2, 0.25) is 0 Å². The largest absolute Gasteiger partial charge is 0.460 e. The Morgan fingerprint density at radius 2 is 1.67 bits per heavy atom. The summed E-state index contributed by atoms with van der Waals surface area (Å²) in [7, 11) is 0. The number of ether oxygens (including phenoxy) is 1. The molecule has 2 N–H and O–H groups in total. The first-order valence-corrected chi connectivity index (χ1v) is 5.47. The Kier molecular flexibility index (Phi) is 4.78. The van der Waals surface area contributed by atoms with Crippen LogP contribution in [0.5, 0.6) is 0 Å². The molecule has 0 unspecified atom stereocenters. The summed E-state index contributed by atoms with van der Waals surface area (Å²) in [5, 5.41) is 0. The Bertz CT molecular complexity index is 211. The molecule has 1 atom stereocenters. The first kappa shape index (κ1) is 14.4. The Labute approximate surface area is 93.4 Å². The van der Waals surface area contributed by atoms with E-state index in [9.17, 15) is 4.79 Å². The van der Waals surface area contributed by atoms with E-state index in [1.165, 1.54) is 0 Å². The molecular formula is C12H25NO2. The van der Waals surface area contributed by atoms with Crippen LogP contribution in [0.15, 0.2) is 0 Å². The van der Waals surface area contributed by atoms with E-state index in [-0.39, 0.29) is 17.4 Å². The summed E-state index contributed by atoms with van der Waals surface area (Å²) in [4.78, 5) is 11.5. The molecule has 0 aliphatic carbocycles. The minimum atomic E-state index is -0.418. The number of carbonyl (C=O) groups excluding carboxylic acids is 1. The first-order valence-electron chi connectivity index (χ1n) is 5.47. The normalized spacial score (nSPS) is 14.9. The molecule has 0 fully saturated rings. The fraction of sp³-hybridized carbons (Fsp3) is 0.917. The maximum absolute atomic E-state index is 11.5. The smallest absolute Gasteiger partial charge is 0.307 e. The van der Waals surface area contributed by atoms with Crippen molar-refractivity contribution in [1.82, 2.24) is 0 Å². The van der Waals surface area contributed by atoms with Gasteiger partial charge < -0.3 is 10.5 Å². The second kappa shape index (κ2) is 4.97. The second-order valence-corrected chi connectivity index (χ2v) is 6.32. The highest BCUT2D eigenvalue weighted by molar-refractivity contribution is 5.70. The van der Waals surface area contributed by atoms with Crippen LogP contribution in [0, 0.1) is 5.41 Å². The second-order valence-electron chi connectivity index (χ2n) is 6.32.